The van der Waals surface area contributed by atoms with Gasteiger partial charge in [-0.25, -0.2) is 4.98 Å². The molecular formula is C20H27F2N4O4P. The predicted octanol–water partition coefficient (Wildman–Crippen LogP) is 2.84. The van der Waals surface area contributed by atoms with Crippen molar-refractivity contribution in [3.63, 3.8) is 0 Å². The van der Waals surface area contributed by atoms with Crippen molar-refractivity contribution in [2.24, 2.45) is 5.73 Å². The maximum atomic E-state index is 13.0. The summed E-state index contributed by atoms with van der Waals surface area (Å²) in [6.07, 6.45) is 1.12. The van der Waals surface area contributed by atoms with E-state index in [2.05, 4.69) is 20.4 Å². The van der Waals surface area contributed by atoms with Gasteiger partial charge < -0.3 is 30.9 Å². The van der Waals surface area contributed by atoms with E-state index in [1.165, 1.54) is 27.6 Å². The Kier molecular flexibility index (Phi) is 9.06. The number of pyridine rings is 1. The molecule has 1 heterocycles. The molecule has 1 aromatic heterocycles. The Morgan fingerprint density at radius 2 is 2.00 bits per heavy atom. The number of hydrogen-bond acceptors (Lipinski definition) is 8. The Hall–Kier alpha value is -2.39. The molecule has 0 saturated carbocycles. The predicted molar refractivity (Wildman–Crippen MR) is 116 cm³/mol. The maximum Gasteiger partial charge on any atom is 0.408 e. The number of carbonyl (C=O) groups is 1. The summed E-state index contributed by atoms with van der Waals surface area (Å²) in [4.78, 5) is 15.7. The summed E-state index contributed by atoms with van der Waals surface area (Å²) in [5, 5.41) is 17.0. The minimum atomic E-state index is -3.36. The van der Waals surface area contributed by atoms with Gasteiger partial charge in [-0.3, -0.25) is 4.79 Å². The molecular weight excluding hydrogens is 429 g/mol. The number of hydrogen-bond donors (Lipinski definition) is 4. The third-order valence-corrected chi connectivity index (χ3v) is 4.55. The third kappa shape index (κ3) is 7.36. The monoisotopic (exact) mass is 456 g/mol. The number of rotatable bonds is 11. The lowest BCUT2D eigenvalue weighted by atomic mass is 9.96. The molecule has 1 aromatic carbocycles. The lowest BCUT2D eigenvalue weighted by Gasteiger charge is -2.24. The van der Waals surface area contributed by atoms with E-state index in [9.17, 15) is 18.7 Å². The van der Waals surface area contributed by atoms with Crippen LogP contribution in [0.4, 0.5) is 20.3 Å². The number of halogens is 2. The second-order valence-corrected chi connectivity index (χ2v) is 7.30. The number of nitrogens with two attached hydrogens (primary N) is 1. The minimum absolute atomic E-state index is 0.00582. The summed E-state index contributed by atoms with van der Waals surface area (Å²) < 4.78 is 35.4. The number of aliphatic hydroxyl groups excluding tert-OH is 1. The van der Waals surface area contributed by atoms with Gasteiger partial charge in [0, 0.05) is 23.5 Å². The van der Waals surface area contributed by atoms with Crippen LogP contribution in [0.5, 0.6) is 5.75 Å². The van der Waals surface area contributed by atoms with E-state index in [1.54, 1.807) is 25.2 Å². The Morgan fingerprint density at radius 1 is 1.32 bits per heavy atom. The highest BCUT2D eigenvalue weighted by Gasteiger charge is 2.24. The van der Waals surface area contributed by atoms with Gasteiger partial charge in [-0.1, -0.05) is 6.92 Å². The molecule has 3 atom stereocenters. The Balaban J connectivity index is 2.32. The van der Waals surface area contributed by atoms with Crippen molar-refractivity contribution in [1.82, 2.24) is 10.3 Å². The van der Waals surface area contributed by atoms with E-state index in [0.717, 1.165) is 0 Å². The average molecular weight is 456 g/mol. The summed E-state index contributed by atoms with van der Waals surface area (Å²) in [5.41, 5.74) is 7.05. The largest absolute Gasteiger partial charge is 0.462 e. The van der Waals surface area contributed by atoms with Gasteiger partial charge in [0.05, 0.1) is 6.54 Å². The van der Waals surface area contributed by atoms with E-state index >= 15 is 0 Å². The van der Waals surface area contributed by atoms with Gasteiger partial charge in [-0.2, -0.15) is 8.78 Å². The molecule has 0 fully saturated rings. The Morgan fingerprint density at radius 3 is 2.55 bits per heavy atom. The number of nitrogens with one attached hydrogen (secondary N) is 2. The third-order valence-electron chi connectivity index (χ3n) is 4.43. The van der Waals surface area contributed by atoms with Crippen molar-refractivity contribution >= 4 is 26.7 Å². The number of alkyl halides is 2. The van der Waals surface area contributed by atoms with Crippen LogP contribution in [0.2, 0.25) is 0 Å². The van der Waals surface area contributed by atoms with Crippen LogP contribution < -0.4 is 21.1 Å². The second kappa shape index (κ2) is 11.3. The molecule has 8 nitrogen and oxygen atoms in total. The average Bonchev–Trinajstić information content (AvgIpc) is 2.73. The molecule has 0 saturated heterocycles. The van der Waals surface area contributed by atoms with Gasteiger partial charge in [0.2, 0.25) is 0 Å². The van der Waals surface area contributed by atoms with Gasteiger partial charge in [0.15, 0.2) is 0 Å². The highest BCUT2D eigenvalue weighted by Crippen LogP contribution is 2.34. The van der Waals surface area contributed by atoms with E-state index in [0.29, 0.717) is 29.1 Å². The molecule has 11 heteroatoms. The van der Waals surface area contributed by atoms with E-state index in [4.69, 9.17) is 10.5 Å². The fraction of sp³-hybridized carbons (Fsp3) is 0.400. The van der Waals surface area contributed by atoms with Crippen molar-refractivity contribution in [3.05, 3.63) is 47.7 Å². The van der Waals surface area contributed by atoms with Crippen molar-refractivity contribution in [1.29, 1.82) is 0 Å². The highest BCUT2D eigenvalue weighted by atomic mass is 31.0. The topological polar surface area (TPSA) is 119 Å². The number of nitrogens with zero attached hydrogens (tertiary/aromatic N) is 1. The van der Waals surface area contributed by atoms with Crippen molar-refractivity contribution in [3.8, 4) is 5.75 Å². The molecule has 2 aromatic rings. The SMILES string of the molecule is CCC(NC)c1c(C(O)COC(=O)CN)ccnc1Nc1ccc(OC(F)(F)P)cc1. The first-order valence-electron chi connectivity index (χ1n) is 9.61. The summed E-state index contributed by atoms with van der Waals surface area (Å²) in [7, 11) is 3.10. The zero-order valence-corrected chi connectivity index (χ0v) is 18.4. The fourth-order valence-corrected chi connectivity index (χ4v) is 3.15. The lowest BCUT2D eigenvalue weighted by Crippen LogP contribution is -2.23. The molecule has 170 valence electrons. The first-order chi connectivity index (χ1) is 14.7. The van der Waals surface area contributed by atoms with Crippen LogP contribution in [-0.2, 0) is 9.53 Å². The molecule has 0 aliphatic rings. The first kappa shape index (κ1) is 24.9. The smallest absolute Gasteiger partial charge is 0.408 e. The molecule has 3 unspecified atom stereocenters. The molecule has 0 aliphatic heterocycles. The summed E-state index contributed by atoms with van der Waals surface area (Å²) in [6, 6.07) is 7.44. The number of benzene rings is 1. The summed E-state index contributed by atoms with van der Waals surface area (Å²) >= 11 is 0. The zero-order chi connectivity index (χ0) is 23.0. The number of anilines is 2. The number of esters is 1. The second-order valence-electron chi connectivity index (χ2n) is 6.63. The van der Waals surface area contributed by atoms with Gasteiger partial charge in [0.1, 0.15) is 24.3 Å². The number of carbonyl (C=O) groups excluding carboxylic acids is 1. The van der Waals surface area contributed by atoms with Gasteiger partial charge in [0.25, 0.3) is 0 Å². The molecule has 0 bridgehead atoms. The maximum absolute atomic E-state index is 13.0. The van der Waals surface area contributed by atoms with Crippen LogP contribution in [0.25, 0.3) is 0 Å². The Labute approximate surface area is 181 Å². The van der Waals surface area contributed by atoms with Crippen LogP contribution in [0, 0.1) is 0 Å². The molecule has 0 radical (unpaired) electrons. The molecule has 2 rings (SSSR count). The quantitative estimate of drug-likeness (QED) is 0.301. The van der Waals surface area contributed by atoms with Crippen molar-refractivity contribution in [2.75, 3.05) is 25.5 Å². The molecule has 0 spiro atoms. The number of aliphatic hydroxyl groups is 1. The standard InChI is InChI=1S/C20H27F2N4O4P/c1-3-15(24-2)18-14(16(27)11-29-17(28)10-23)8-9-25-19(18)26-12-4-6-13(7-5-12)30-20(21,22)31/h4-9,15-16,24,27H,3,10-11,23,31H2,1-2H3,(H,25,26). The highest BCUT2D eigenvalue weighted by molar-refractivity contribution is 7.17. The van der Waals surface area contributed by atoms with Crippen LogP contribution in [0.1, 0.15) is 36.6 Å². The molecule has 5 N–H and O–H groups in total. The van der Waals surface area contributed by atoms with Gasteiger partial charge in [-0.15, -0.1) is 0 Å². The van der Waals surface area contributed by atoms with Gasteiger partial charge >= 0.3 is 11.8 Å². The van der Waals surface area contributed by atoms with E-state index in [-0.39, 0.29) is 24.9 Å². The van der Waals surface area contributed by atoms with Crippen LogP contribution in [0.3, 0.4) is 0 Å². The zero-order valence-electron chi connectivity index (χ0n) is 17.3. The van der Waals surface area contributed by atoms with Gasteiger partial charge in [-0.05, 0) is 58.6 Å². The summed E-state index contributed by atoms with van der Waals surface area (Å²) in [6.45, 7) is 1.44. The van der Waals surface area contributed by atoms with E-state index in [1.807, 2.05) is 6.92 Å². The van der Waals surface area contributed by atoms with Crippen LogP contribution in [-0.4, -0.2) is 42.1 Å². The number of aromatic nitrogens is 1. The first-order valence-corrected chi connectivity index (χ1v) is 10.2. The number of ether oxygens (including phenoxy) is 2. The molecule has 31 heavy (non-hydrogen) atoms. The minimum Gasteiger partial charge on any atom is -0.462 e. The fourth-order valence-electron chi connectivity index (χ4n) is 3.02. The van der Waals surface area contributed by atoms with Crippen molar-refractivity contribution in [2.45, 2.75) is 31.3 Å². The van der Waals surface area contributed by atoms with Crippen LogP contribution >= 0.6 is 9.24 Å². The normalized spacial score (nSPS) is 13.4. The lowest BCUT2D eigenvalue weighted by molar-refractivity contribution is -0.145. The molecule has 0 amide bonds. The molecule has 0 aliphatic carbocycles. The summed E-state index contributed by atoms with van der Waals surface area (Å²) in [5.74, 6) is -3.51. The van der Waals surface area contributed by atoms with Crippen LogP contribution in [0.15, 0.2) is 36.5 Å². The Bertz CT molecular complexity index is 861. The van der Waals surface area contributed by atoms with Crippen molar-refractivity contribution < 1.29 is 28.2 Å². The van der Waals surface area contributed by atoms with E-state index < -0.39 is 17.9 Å².